The van der Waals surface area contributed by atoms with Crippen molar-refractivity contribution in [3.05, 3.63) is 99.8 Å². The van der Waals surface area contributed by atoms with Crippen LogP contribution < -0.4 is 5.73 Å². The summed E-state index contributed by atoms with van der Waals surface area (Å²) in [6.07, 6.45) is 1.29. The molecule has 0 aliphatic heterocycles. The van der Waals surface area contributed by atoms with Crippen molar-refractivity contribution in [3.8, 4) is 5.69 Å². The molecule has 0 unspecified atom stereocenters. The van der Waals surface area contributed by atoms with Gasteiger partial charge in [-0.1, -0.05) is 17.7 Å². The predicted molar refractivity (Wildman–Crippen MR) is 149 cm³/mol. The van der Waals surface area contributed by atoms with Crippen LogP contribution in [0, 0.1) is 19.7 Å². The molecule has 3 aromatic heterocycles. The van der Waals surface area contributed by atoms with E-state index in [1.807, 2.05) is 19.9 Å². The lowest BCUT2D eigenvalue weighted by atomic mass is 10.1. The van der Waals surface area contributed by atoms with Gasteiger partial charge in [0.05, 0.1) is 43.4 Å². The number of rotatable bonds is 5. The molecule has 6 rings (SSSR count). The lowest BCUT2D eigenvalue weighted by Crippen LogP contribution is -2.19. The summed E-state index contributed by atoms with van der Waals surface area (Å²) in [7, 11) is -4.30. The van der Waals surface area contributed by atoms with Crippen LogP contribution in [0.4, 0.5) is 10.2 Å². The fourth-order valence-corrected chi connectivity index (χ4v) is 6.40. The van der Waals surface area contributed by atoms with Crippen LogP contribution in [0.3, 0.4) is 0 Å². The molecule has 0 radical (unpaired) electrons. The van der Waals surface area contributed by atoms with Crippen molar-refractivity contribution in [1.29, 1.82) is 0 Å². The van der Waals surface area contributed by atoms with Gasteiger partial charge in [-0.3, -0.25) is 4.79 Å². The minimum atomic E-state index is -4.30. The van der Waals surface area contributed by atoms with Crippen LogP contribution >= 0.6 is 15.9 Å². The Labute approximate surface area is 230 Å². The van der Waals surface area contributed by atoms with Gasteiger partial charge in [-0.25, -0.2) is 26.4 Å². The molecular weight excluding hydrogens is 587 g/mol. The third kappa shape index (κ3) is 4.03. The van der Waals surface area contributed by atoms with Crippen molar-refractivity contribution in [1.82, 2.24) is 23.7 Å². The topological polar surface area (TPSA) is 129 Å². The minimum absolute atomic E-state index is 0.00370. The summed E-state index contributed by atoms with van der Waals surface area (Å²) < 4.78 is 44.6. The summed E-state index contributed by atoms with van der Waals surface area (Å²) in [5.74, 6) is -0.587. The Morgan fingerprint density at radius 1 is 1.05 bits per heavy atom. The van der Waals surface area contributed by atoms with Gasteiger partial charge < -0.3 is 10.7 Å². The Kier molecular flexibility index (Phi) is 5.70. The van der Waals surface area contributed by atoms with E-state index in [0.717, 1.165) is 26.9 Å². The van der Waals surface area contributed by atoms with Gasteiger partial charge in [0.1, 0.15) is 23.2 Å². The lowest BCUT2D eigenvalue weighted by Gasteiger charge is -2.12. The van der Waals surface area contributed by atoms with Gasteiger partial charge in [-0.2, -0.15) is 5.10 Å². The highest BCUT2D eigenvalue weighted by atomic mass is 79.9. The fraction of sp³-hybridized carbons (Fsp3) is 0.0741. The van der Waals surface area contributed by atoms with Crippen molar-refractivity contribution >= 4 is 59.5 Å². The first kappa shape index (κ1) is 25.0. The van der Waals surface area contributed by atoms with Gasteiger partial charge in [-0.05, 0) is 72.2 Å². The number of nitrogens with two attached hydrogens (primary N) is 1. The SMILES string of the molecule is Cc1ccc(S(=O)(=O)n2c(C(=O)c3cnn(-c4ccc5[nH]c(C)nc5c4)c3N)cc3cc(Br)c(F)cc32)cc1. The number of aryl methyl sites for hydroxylation is 2. The zero-order chi connectivity index (χ0) is 27.6. The van der Waals surface area contributed by atoms with E-state index in [0.29, 0.717) is 16.6 Å². The number of fused-ring (bicyclic) bond motifs is 2. The van der Waals surface area contributed by atoms with Crippen LogP contribution in [-0.4, -0.2) is 37.9 Å². The average molecular weight is 607 g/mol. The molecule has 3 aromatic carbocycles. The van der Waals surface area contributed by atoms with E-state index in [2.05, 4.69) is 31.0 Å². The van der Waals surface area contributed by atoms with Gasteiger partial charge in [-0.15, -0.1) is 0 Å². The lowest BCUT2D eigenvalue weighted by molar-refractivity contribution is 0.103. The second kappa shape index (κ2) is 8.89. The van der Waals surface area contributed by atoms with Gasteiger partial charge >= 0.3 is 0 Å². The van der Waals surface area contributed by atoms with Crippen molar-refractivity contribution in [2.24, 2.45) is 0 Å². The van der Waals surface area contributed by atoms with E-state index < -0.39 is 21.6 Å². The fourth-order valence-electron chi connectivity index (χ4n) is 4.54. The number of anilines is 1. The van der Waals surface area contributed by atoms with Crippen LogP contribution in [-0.2, 0) is 10.0 Å². The summed E-state index contributed by atoms with van der Waals surface area (Å²) in [5.41, 5.74) is 9.16. The van der Waals surface area contributed by atoms with Gasteiger partial charge in [0.25, 0.3) is 10.0 Å². The van der Waals surface area contributed by atoms with E-state index in [4.69, 9.17) is 5.73 Å². The molecule has 3 heterocycles. The van der Waals surface area contributed by atoms with Crippen LogP contribution in [0.5, 0.6) is 0 Å². The third-order valence-electron chi connectivity index (χ3n) is 6.47. The first-order valence-electron chi connectivity index (χ1n) is 11.7. The molecule has 0 saturated heterocycles. The summed E-state index contributed by atoms with van der Waals surface area (Å²) in [6.45, 7) is 3.67. The first-order valence-corrected chi connectivity index (χ1v) is 14.0. The Hall–Kier alpha value is -4.29. The number of halogens is 2. The Morgan fingerprint density at radius 2 is 1.79 bits per heavy atom. The van der Waals surface area contributed by atoms with Gasteiger partial charge in [0.15, 0.2) is 0 Å². The van der Waals surface area contributed by atoms with Crippen LogP contribution in [0.2, 0.25) is 0 Å². The third-order valence-corrected chi connectivity index (χ3v) is 8.82. The molecule has 0 bridgehead atoms. The van der Waals surface area contributed by atoms with E-state index in [1.165, 1.54) is 35.1 Å². The number of ketones is 1. The van der Waals surface area contributed by atoms with Crippen molar-refractivity contribution < 1.29 is 17.6 Å². The minimum Gasteiger partial charge on any atom is -0.383 e. The number of nitrogens with one attached hydrogen (secondary N) is 1. The molecule has 196 valence electrons. The highest BCUT2D eigenvalue weighted by molar-refractivity contribution is 9.10. The Bertz CT molecular complexity index is 2060. The summed E-state index contributed by atoms with van der Waals surface area (Å²) in [5, 5.41) is 4.65. The number of imidazole rings is 1. The molecule has 0 fully saturated rings. The quantitative estimate of drug-likeness (QED) is 0.257. The second-order valence-electron chi connectivity index (χ2n) is 9.15. The molecule has 39 heavy (non-hydrogen) atoms. The van der Waals surface area contributed by atoms with Gasteiger partial charge in [0.2, 0.25) is 5.78 Å². The zero-order valence-electron chi connectivity index (χ0n) is 20.6. The maximum absolute atomic E-state index is 14.6. The summed E-state index contributed by atoms with van der Waals surface area (Å²) in [6, 6.07) is 15.5. The monoisotopic (exact) mass is 606 g/mol. The number of benzene rings is 3. The standard InChI is InChI=1S/C27H20BrFN6O3S/c1-14-3-6-18(7-4-14)39(37,38)35-24-12-21(29)20(28)9-16(24)10-25(35)26(36)19-13-31-34(27(19)30)17-5-8-22-23(11-17)33-15(2)32-22/h3-13H,30H2,1-2H3,(H,32,33). The molecule has 3 N–H and O–H groups in total. The number of nitrogens with zero attached hydrogens (tertiary/aromatic N) is 4. The highest BCUT2D eigenvalue weighted by Gasteiger charge is 2.30. The number of H-pyrrole nitrogens is 1. The molecule has 0 aliphatic rings. The smallest absolute Gasteiger partial charge is 0.268 e. The molecular formula is C27H20BrFN6O3S. The number of carbonyl (C=O) groups is 1. The van der Waals surface area contributed by atoms with E-state index in [1.54, 1.807) is 24.3 Å². The van der Waals surface area contributed by atoms with Crippen LogP contribution in [0.15, 0.2) is 76.2 Å². The van der Waals surface area contributed by atoms with Gasteiger partial charge in [0, 0.05) is 11.5 Å². The largest absolute Gasteiger partial charge is 0.383 e. The summed E-state index contributed by atoms with van der Waals surface area (Å²) in [4.78, 5) is 21.4. The molecule has 12 heteroatoms. The zero-order valence-corrected chi connectivity index (χ0v) is 23.0. The molecule has 0 amide bonds. The van der Waals surface area contributed by atoms with E-state index >= 15 is 0 Å². The predicted octanol–water partition coefficient (Wildman–Crippen LogP) is 5.27. The molecule has 0 atom stereocenters. The Balaban J connectivity index is 1.52. The molecule has 6 aromatic rings. The first-order chi connectivity index (χ1) is 18.5. The van der Waals surface area contributed by atoms with Crippen LogP contribution in [0.1, 0.15) is 27.4 Å². The normalized spacial score (nSPS) is 12.0. The number of hydrogen-bond acceptors (Lipinski definition) is 6. The number of aromatic nitrogens is 5. The van der Waals surface area contributed by atoms with Crippen molar-refractivity contribution in [3.63, 3.8) is 0 Å². The number of nitrogen functional groups attached to an aromatic ring is 1. The second-order valence-corrected chi connectivity index (χ2v) is 11.8. The Morgan fingerprint density at radius 3 is 2.54 bits per heavy atom. The maximum Gasteiger partial charge on any atom is 0.268 e. The molecule has 9 nitrogen and oxygen atoms in total. The van der Waals surface area contributed by atoms with Crippen molar-refractivity contribution in [2.45, 2.75) is 18.7 Å². The number of hydrogen-bond donors (Lipinski definition) is 2. The van der Waals surface area contributed by atoms with E-state index in [-0.39, 0.29) is 32.0 Å². The number of carbonyl (C=O) groups excluding carboxylic acids is 1. The maximum atomic E-state index is 14.6. The number of aromatic amines is 1. The van der Waals surface area contributed by atoms with E-state index in [9.17, 15) is 17.6 Å². The molecule has 0 saturated carbocycles. The van der Waals surface area contributed by atoms with Crippen molar-refractivity contribution in [2.75, 3.05) is 5.73 Å². The highest BCUT2D eigenvalue weighted by Crippen LogP contribution is 2.32. The van der Waals surface area contributed by atoms with Crippen LogP contribution in [0.25, 0.3) is 27.6 Å². The summed E-state index contributed by atoms with van der Waals surface area (Å²) >= 11 is 3.14. The molecule has 0 aliphatic carbocycles. The average Bonchev–Trinajstić information content (AvgIpc) is 3.57. The molecule has 0 spiro atoms.